The van der Waals surface area contributed by atoms with Crippen LogP contribution in [-0.2, 0) is 16.0 Å². The van der Waals surface area contributed by atoms with Crippen molar-refractivity contribution in [2.45, 2.75) is 12.5 Å². The normalized spacial score (nSPS) is 18.8. The average Bonchev–Trinajstić information content (AvgIpc) is 3.28. The second-order valence-electron chi connectivity index (χ2n) is 6.27. The Kier molecular flexibility index (Phi) is 4.67. The first kappa shape index (κ1) is 17.6. The maximum Gasteiger partial charge on any atom is 0.328 e. The molecule has 2 aromatic rings. The van der Waals surface area contributed by atoms with Crippen molar-refractivity contribution in [1.82, 2.24) is 10.6 Å². The zero-order chi connectivity index (χ0) is 19.5. The summed E-state index contributed by atoms with van der Waals surface area (Å²) in [7, 11) is 0. The summed E-state index contributed by atoms with van der Waals surface area (Å²) in [6, 6.07) is 13.5. The van der Waals surface area contributed by atoms with E-state index in [1.54, 1.807) is 24.3 Å². The monoisotopic (exact) mass is 379 g/mol. The van der Waals surface area contributed by atoms with E-state index in [2.05, 4.69) is 15.6 Å². The first-order chi connectivity index (χ1) is 13.6. The number of amides is 1. The molecule has 8 nitrogen and oxygen atoms in total. The van der Waals surface area contributed by atoms with Crippen LogP contribution in [0.2, 0.25) is 0 Å². The van der Waals surface area contributed by atoms with Gasteiger partial charge in [0, 0.05) is 6.42 Å². The van der Waals surface area contributed by atoms with Crippen molar-refractivity contribution >= 4 is 23.9 Å². The molecule has 1 amide bonds. The van der Waals surface area contributed by atoms with Crippen molar-refractivity contribution in [3.8, 4) is 11.5 Å². The molecule has 2 aromatic carbocycles. The first-order valence-corrected chi connectivity index (χ1v) is 8.63. The smallest absolute Gasteiger partial charge is 0.328 e. The Labute approximate surface area is 160 Å². The minimum Gasteiger partial charge on any atom is -0.480 e. The Balaban J connectivity index is 1.52. The molecule has 2 heterocycles. The van der Waals surface area contributed by atoms with Crippen LogP contribution in [0.4, 0.5) is 0 Å². The second-order valence-corrected chi connectivity index (χ2v) is 6.27. The molecule has 1 saturated heterocycles. The number of carboxylic acids is 1. The summed E-state index contributed by atoms with van der Waals surface area (Å²) in [6.07, 6.45) is 1.85. The molecule has 0 bridgehead atoms. The Bertz CT molecular complexity index is 985. The number of carboxylic acid groups (broad SMARTS) is 1. The van der Waals surface area contributed by atoms with Crippen LogP contribution in [0.5, 0.6) is 11.5 Å². The Morgan fingerprint density at radius 3 is 2.71 bits per heavy atom. The summed E-state index contributed by atoms with van der Waals surface area (Å²) in [6.45, 7) is 0.170. The van der Waals surface area contributed by atoms with Crippen molar-refractivity contribution < 1.29 is 24.2 Å². The molecule has 142 valence electrons. The van der Waals surface area contributed by atoms with E-state index in [4.69, 9.17) is 9.47 Å². The van der Waals surface area contributed by atoms with Gasteiger partial charge in [-0.25, -0.2) is 9.79 Å². The van der Waals surface area contributed by atoms with Crippen LogP contribution < -0.4 is 20.1 Å². The summed E-state index contributed by atoms with van der Waals surface area (Å²) >= 11 is 0. The summed E-state index contributed by atoms with van der Waals surface area (Å²) in [5.74, 6) is -0.0879. The molecule has 0 radical (unpaired) electrons. The topological polar surface area (TPSA) is 109 Å². The number of carbonyl (C=O) groups excluding carboxylic acids is 1. The third kappa shape index (κ3) is 3.80. The SMILES string of the molecule is O=C1NC(=N[C@@H](Cc2ccccc2)C(=O)O)N/C1=C\c1ccc2c(c1)OCO2. The number of carbonyl (C=O) groups is 2. The largest absolute Gasteiger partial charge is 0.480 e. The number of aliphatic imine (C=N–C) groups is 1. The van der Waals surface area contributed by atoms with E-state index in [0.29, 0.717) is 11.5 Å². The Morgan fingerprint density at radius 1 is 1.14 bits per heavy atom. The lowest BCUT2D eigenvalue weighted by atomic mass is 10.1. The molecule has 3 N–H and O–H groups in total. The van der Waals surface area contributed by atoms with Gasteiger partial charge < -0.3 is 19.9 Å². The van der Waals surface area contributed by atoms with Gasteiger partial charge >= 0.3 is 5.97 Å². The van der Waals surface area contributed by atoms with Gasteiger partial charge in [-0.05, 0) is 29.3 Å². The lowest BCUT2D eigenvalue weighted by Crippen LogP contribution is -2.31. The van der Waals surface area contributed by atoms with E-state index >= 15 is 0 Å². The van der Waals surface area contributed by atoms with Crippen molar-refractivity contribution in [3.63, 3.8) is 0 Å². The second kappa shape index (κ2) is 7.43. The van der Waals surface area contributed by atoms with Crippen LogP contribution in [-0.4, -0.2) is 35.8 Å². The van der Waals surface area contributed by atoms with Gasteiger partial charge in [-0.3, -0.25) is 10.1 Å². The lowest BCUT2D eigenvalue weighted by molar-refractivity contribution is -0.138. The molecule has 2 aliphatic heterocycles. The van der Waals surface area contributed by atoms with Crippen LogP contribution in [0.3, 0.4) is 0 Å². The predicted molar refractivity (Wildman–Crippen MR) is 101 cm³/mol. The minimum atomic E-state index is -1.07. The number of hydrogen-bond acceptors (Lipinski definition) is 5. The number of nitrogens with zero attached hydrogens (tertiary/aromatic N) is 1. The number of fused-ring (bicyclic) bond motifs is 1. The van der Waals surface area contributed by atoms with Gasteiger partial charge in [0.1, 0.15) is 5.70 Å². The third-order valence-corrected chi connectivity index (χ3v) is 4.28. The molecule has 0 saturated carbocycles. The standard InChI is InChI=1S/C20H17N3O5/c24-18-14(9-13-6-7-16-17(10-13)28-11-27-16)21-20(23-18)22-15(19(25)26)8-12-4-2-1-3-5-12/h1-7,9-10,15H,8,11H2,(H,25,26)(H2,21,22,23,24)/b14-9-/t15-/m0/s1. The molecule has 4 rings (SSSR count). The van der Waals surface area contributed by atoms with Gasteiger partial charge in [-0.1, -0.05) is 36.4 Å². The van der Waals surface area contributed by atoms with Crippen LogP contribution in [0.15, 0.2) is 59.2 Å². The van der Waals surface area contributed by atoms with E-state index in [1.807, 2.05) is 30.3 Å². The molecule has 2 aliphatic rings. The number of benzene rings is 2. The molecule has 0 aliphatic carbocycles. The van der Waals surface area contributed by atoms with Gasteiger partial charge in [0.25, 0.3) is 5.91 Å². The van der Waals surface area contributed by atoms with Crippen molar-refractivity contribution in [2.24, 2.45) is 4.99 Å². The molecule has 0 unspecified atom stereocenters. The fourth-order valence-electron chi connectivity index (χ4n) is 2.91. The summed E-state index contributed by atoms with van der Waals surface area (Å²) in [4.78, 5) is 27.9. The van der Waals surface area contributed by atoms with Gasteiger partial charge in [-0.15, -0.1) is 0 Å². The average molecular weight is 379 g/mol. The quantitative estimate of drug-likeness (QED) is 0.680. The van der Waals surface area contributed by atoms with Crippen molar-refractivity contribution in [2.75, 3.05) is 6.79 Å². The summed E-state index contributed by atoms with van der Waals surface area (Å²) < 4.78 is 10.6. The number of nitrogens with one attached hydrogen (secondary N) is 2. The van der Waals surface area contributed by atoms with Gasteiger partial charge in [0.05, 0.1) is 0 Å². The van der Waals surface area contributed by atoms with E-state index in [9.17, 15) is 14.7 Å². The van der Waals surface area contributed by atoms with E-state index < -0.39 is 12.0 Å². The van der Waals surface area contributed by atoms with Gasteiger partial charge in [0.15, 0.2) is 17.5 Å². The first-order valence-electron chi connectivity index (χ1n) is 8.63. The third-order valence-electron chi connectivity index (χ3n) is 4.28. The van der Waals surface area contributed by atoms with Crippen LogP contribution in [0, 0.1) is 0 Å². The van der Waals surface area contributed by atoms with E-state index in [-0.39, 0.29) is 30.8 Å². The Hall–Kier alpha value is -3.81. The van der Waals surface area contributed by atoms with Crippen molar-refractivity contribution in [1.29, 1.82) is 0 Å². The number of hydrogen-bond donors (Lipinski definition) is 3. The maximum absolute atomic E-state index is 12.2. The fraction of sp³-hybridized carbons (Fsp3) is 0.150. The van der Waals surface area contributed by atoms with E-state index in [0.717, 1.165) is 11.1 Å². The van der Waals surface area contributed by atoms with Gasteiger partial charge in [-0.2, -0.15) is 0 Å². The molecule has 8 heteroatoms. The zero-order valence-electron chi connectivity index (χ0n) is 14.7. The molecule has 0 spiro atoms. The molecule has 0 aromatic heterocycles. The molecule has 1 atom stereocenters. The molecular weight excluding hydrogens is 362 g/mol. The van der Waals surface area contributed by atoms with Crippen molar-refractivity contribution in [3.05, 3.63) is 65.4 Å². The summed E-state index contributed by atoms with van der Waals surface area (Å²) in [5, 5.41) is 14.9. The number of aliphatic carboxylic acids is 1. The van der Waals surface area contributed by atoms with Crippen LogP contribution in [0.1, 0.15) is 11.1 Å². The fourth-order valence-corrected chi connectivity index (χ4v) is 2.91. The van der Waals surface area contributed by atoms with E-state index in [1.165, 1.54) is 0 Å². The molecule has 1 fully saturated rings. The lowest BCUT2D eigenvalue weighted by Gasteiger charge is -2.09. The van der Waals surface area contributed by atoms with Crippen LogP contribution in [0.25, 0.3) is 6.08 Å². The Morgan fingerprint density at radius 2 is 1.93 bits per heavy atom. The highest BCUT2D eigenvalue weighted by atomic mass is 16.7. The summed E-state index contributed by atoms with van der Waals surface area (Å²) in [5.41, 5.74) is 1.85. The molecular formula is C20H17N3O5. The minimum absolute atomic E-state index is 0.111. The number of guanidine groups is 1. The zero-order valence-corrected chi connectivity index (χ0v) is 14.7. The molecule has 28 heavy (non-hydrogen) atoms. The number of rotatable bonds is 5. The highest BCUT2D eigenvalue weighted by Crippen LogP contribution is 2.33. The van der Waals surface area contributed by atoms with Crippen LogP contribution >= 0.6 is 0 Å². The maximum atomic E-state index is 12.2. The number of ether oxygens (including phenoxy) is 2. The predicted octanol–water partition coefficient (Wildman–Crippen LogP) is 1.53. The highest BCUT2D eigenvalue weighted by molar-refractivity contribution is 6.15. The highest BCUT2D eigenvalue weighted by Gasteiger charge is 2.25. The van der Waals surface area contributed by atoms with Gasteiger partial charge in [0.2, 0.25) is 12.8 Å².